The van der Waals surface area contributed by atoms with Crippen LogP contribution in [0.4, 0.5) is 15.1 Å². The predicted octanol–water partition coefficient (Wildman–Crippen LogP) is 1.47. The van der Waals surface area contributed by atoms with Gasteiger partial charge in [-0.2, -0.15) is 0 Å². The first-order chi connectivity index (χ1) is 13.5. The molecule has 1 atom stereocenters. The summed E-state index contributed by atoms with van der Waals surface area (Å²) in [4.78, 5) is 22.8. The Morgan fingerprint density at radius 3 is 2.93 bits per heavy atom. The van der Waals surface area contributed by atoms with E-state index in [2.05, 4.69) is 20.6 Å². The van der Waals surface area contributed by atoms with E-state index in [1.807, 2.05) is 0 Å². The second-order valence-electron chi connectivity index (χ2n) is 6.35. The molecule has 2 amide bonds. The molecule has 0 saturated heterocycles. The van der Waals surface area contributed by atoms with Crippen LogP contribution in [0.2, 0.25) is 5.02 Å². The third kappa shape index (κ3) is 4.67. The lowest BCUT2D eigenvalue weighted by Crippen LogP contribution is -2.45. The van der Waals surface area contributed by atoms with Crippen LogP contribution in [0.25, 0.3) is 0 Å². The van der Waals surface area contributed by atoms with E-state index in [1.54, 1.807) is 11.1 Å². The highest BCUT2D eigenvalue weighted by Gasteiger charge is 2.25. The first kappa shape index (κ1) is 20.2. The van der Waals surface area contributed by atoms with E-state index in [-0.39, 0.29) is 24.3 Å². The number of halogens is 2. The fraction of sp³-hybridized carbons (Fsp3) is 0.389. The van der Waals surface area contributed by atoms with E-state index >= 15 is 0 Å². The number of carbonyl (C=O) groups is 1. The molecule has 28 heavy (non-hydrogen) atoms. The molecule has 1 aromatic carbocycles. The second-order valence-corrected chi connectivity index (χ2v) is 6.75. The van der Waals surface area contributed by atoms with Crippen LogP contribution < -0.4 is 10.6 Å². The van der Waals surface area contributed by atoms with Crippen molar-refractivity contribution in [1.29, 1.82) is 0 Å². The van der Waals surface area contributed by atoms with Crippen LogP contribution in [0.3, 0.4) is 0 Å². The molecule has 1 aliphatic heterocycles. The molecular formula is C18H21ClFN5O3. The summed E-state index contributed by atoms with van der Waals surface area (Å²) in [5, 5.41) is 24.1. The summed E-state index contributed by atoms with van der Waals surface area (Å²) in [6, 6.07) is 2.98. The van der Waals surface area contributed by atoms with Gasteiger partial charge in [-0.25, -0.2) is 19.2 Å². The van der Waals surface area contributed by atoms with Crippen molar-refractivity contribution in [2.45, 2.75) is 19.0 Å². The molecule has 2 aromatic rings. The molecule has 0 fully saturated rings. The molecule has 8 nitrogen and oxygen atoms in total. The Morgan fingerprint density at radius 2 is 2.21 bits per heavy atom. The van der Waals surface area contributed by atoms with Gasteiger partial charge in [-0.3, -0.25) is 0 Å². The third-order valence-electron chi connectivity index (χ3n) is 4.45. The van der Waals surface area contributed by atoms with Crippen molar-refractivity contribution in [3.05, 3.63) is 52.1 Å². The molecular weight excluding hydrogens is 389 g/mol. The van der Waals surface area contributed by atoms with Gasteiger partial charge in [0.25, 0.3) is 0 Å². The first-order valence-electron chi connectivity index (χ1n) is 8.82. The summed E-state index contributed by atoms with van der Waals surface area (Å²) in [5.41, 5.74) is 2.20. The van der Waals surface area contributed by atoms with Crippen LogP contribution in [0.5, 0.6) is 0 Å². The molecule has 0 unspecified atom stereocenters. The quantitative estimate of drug-likeness (QED) is 0.575. The molecule has 4 N–H and O–H groups in total. The molecule has 0 radical (unpaired) electrons. The van der Waals surface area contributed by atoms with Gasteiger partial charge in [0.1, 0.15) is 5.82 Å². The lowest BCUT2D eigenvalue weighted by molar-refractivity contribution is 0.176. The highest BCUT2D eigenvalue weighted by atomic mass is 35.5. The summed E-state index contributed by atoms with van der Waals surface area (Å²) in [6.45, 7) is 0.718. The molecule has 10 heteroatoms. The smallest absolute Gasteiger partial charge is 0.318 e. The van der Waals surface area contributed by atoms with Crippen LogP contribution in [0.15, 0.2) is 24.4 Å². The number of benzene rings is 1. The summed E-state index contributed by atoms with van der Waals surface area (Å²) in [7, 11) is 0. The van der Waals surface area contributed by atoms with Gasteiger partial charge in [-0.05, 0) is 29.7 Å². The van der Waals surface area contributed by atoms with Gasteiger partial charge in [0.15, 0.2) is 0 Å². The van der Waals surface area contributed by atoms with Crippen LogP contribution in [0, 0.1) is 5.82 Å². The number of aliphatic hydroxyl groups is 2. The number of anilines is 1. The number of hydrogen-bond acceptors (Lipinski definition) is 6. The number of aliphatic hydroxyl groups excluding tert-OH is 2. The number of rotatable bonds is 6. The highest BCUT2D eigenvalue weighted by Crippen LogP contribution is 2.22. The SMILES string of the molecule is O=C(N[C@H](CO)c1ccc(F)c(Cl)c1)N1CCc2cnc(NCCO)nc2C1. The minimum atomic E-state index is -0.709. The number of amides is 2. The molecule has 0 aliphatic carbocycles. The average molecular weight is 410 g/mol. The van der Waals surface area contributed by atoms with Gasteiger partial charge in [0.05, 0.1) is 36.5 Å². The van der Waals surface area contributed by atoms with Crippen molar-refractivity contribution < 1.29 is 19.4 Å². The molecule has 0 saturated carbocycles. The Hall–Kier alpha value is -2.49. The summed E-state index contributed by atoms with van der Waals surface area (Å²) in [5.74, 6) is -0.171. The van der Waals surface area contributed by atoms with E-state index in [0.29, 0.717) is 37.6 Å². The van der Waals surface area contributed by atoms with Gasteiger partial charge >= 0.3 is 6.03 Å². The van der Waals surface area contributed by atoms with Crippen molar-refractivity contribution in [3.63, 3.8) is 0 Å². The molecule has 0 bridgehead atoms. The van der Waals surface area contributed by atoms with E-state index < -0.39 is 11.9 Å². The van der Waals surface area contributed by atoms with Gasteiger partial charge in [0.2, 0.25) is 5.95 Å². The van der Waals surface area contributed by atoms with Crippen LogP contribution in [-0.4, -0.2) is 57.4 Å². The van der Waals surface area contributed by atoms with Gasteiger partial charge in [-0.15, -0.1) is 0 Å². The summed E-state index contributed by atoms with van der Waals surface area (Å²) in [6.07, 6.45) is 2.32. The Labute approximate surface area is 166 Å². The Bertz CT molecular complexity index is 854. The molecule has 150 valence electrons. The van der Waals surface area contributed by atoms with Gasteiger partial charge in [-0.1, -0.05) is 17.7 Å². The number of carbonyl (C=O) groups excluding carboxylic acids is 1. The third-order valence-corrected chi connectivity index (χ3v) is 4.74. The fourth-order valence-electron chi connectivity index (χ4n) is 2.93. The van der Waals surface area contributed by atoms with Crippen molar-refractivity contribution in [2.24, 2.45) is 0 Å². The maximum atomic E-state index is 13.3. The zero-order valence-electron chi connectivity index (χ0n) is 15.0. The average Bonchev–Trinajstić information content (AvgIpc) is 2.71. The van der Waals surface area contributed by atoms with Crippen LogP contribution in [-0.2, 0) is 13.0 Å². The topological polar surface area (TPSA) is 111 Å². The van der Waals surface area contributed by atoms with Crippen LogP contribution in [0.1, 0.15) is 22.9 Å². The number of aromatic nitrogens is 2. The number of urea groups is 1. The molecule has 2 heterocycles. The minimum Gasteiger partial charge on any atom is -0.395 e. The maximum Gasteiger partial charge on any atom is 0.318 e. The number of hydrogen-bond donors (Lipinski definition) is 4. The van der Waals surface area contributed by atoms with Crippen molar-refractivity contribution >= 4 is 23.6 Å². The van der Waals surface area contributed by atoms with Gasteiger partial charge < -0.3 is 25.7 Å². The van der Waals surface area contributed by atoms with Crippen molar-refractivity contribution in [1.82, 2.24) is 20.2 Å². The van der Waals surface area contributed by atoms with Crippen molar-refractivity contribution in [3.8, 4) is 0 Å². The van der Waals surface area contributed by atoms with Crippen molar-refractivity contribution in [2.75, 3.05) is 31.6 Å². The Morgan fingerprint density at radius 1 is 1.39 bits per heavy atom. The second kappa shape index (κ2) is 9.13. The lowest BCUT2D eigenvalue weighted by Gasteiger charge is -2.30. The lowest BCUT2D eigenvalue weighted by atomic mass is 10.1. The van der Waals surface area contributed by atoms with E-state index in [4.69, 9.17) is 16.7 Å². The number of nitrogens with one attached hydrogen (secondary N) is 2. The van der Waals surface area contributed by atoms with E-state index in [1.165, 1.54) is 18.2 Å². The van der Waals surface area contributed by atoms with E-state index in [9.17, 15) is 14.3 Å². The monoisotopic (exact) mass is 409 g/mol. The summed E-state index contributed by atoms with van der Waals surface area (Å²) >= 11 is 5.79. The number of fused-ring (bicyclic) bond motifs is 1. The van der Waals surface area contributed by atoms with E-state index in [0.717, 1.165) is 11.3 Å². The zero-order valence-corrected chi connectivity index (χ0v) is 15.8. The Kier molecular flexibility index (Phi) is 6.61. The molecule has 1 aliphatic rings. The first-order valence-corrected chi connectivity index (χ1v) is 9.20. The standard InChI is InChI=1S/C18H21ClFN5O3/c19-13-7-11(1-2-14(13)20)16(10-27)24-18(28)25-5-3-12-8-22-17(21-4-6-26)23-15(12)9-25/h1-2,7-8,16,26-27H,3-6,9-10H2,(H,24,28)(H,21,22,23)/t16-/m1/s1. The largest absolute Gasteiger partial charge is 0.395 e. The number of nitrogens with zero attached hydrogens (tertiary/aromatic N) is 3. The predicted molar refractivity (Wildman–Crippen MR) is 101 cm³/mol. The van der Waals surface area contributed by atoms with Crippen LogP contribution >= 0.6 is 11.6 Å². The summed E-state index contributed by atoms with van der Waals surface area (Å²) < 4.78 is 13.3. The highest BCUT2D eigenvalue weighted by molar-refractivity contribution is 6.30. The molecule has 1 aromatic heterocycles. The molecule has 3 rings (SSSR count). The molecule has 0 spiro atoms. The normalized spacial score (nSPS) is 14.4. The Balaban J connectivity index is 1.68. The zero-order chi connectivity index (χ0) is 20.1. The fourth-order valence-corrected chi connectivity index (χ4v) is 3.12. The maximum absolute atomic E-state index is 13.3. The van der Waals surface area contributed by atoms with Gasteiger partial charge in [0, 0.05) is 19.3 Å². The minimum absolute atomic E-state index is 0.0368.